The van der Waals surface area contributed by atoms with Gasteiger partial charge in [0, 0.05) is 15.9 Å². The third kappa shape index (κ3) is 8.60. The Labute approximate surface area is 356 Å². The highest BCUT2D eigenvalue weighted by molar-refractivity contribution is 7.85. The van der Waals surface area contributed by atoms with Crippen LogP contribution in [0.4, 0.5) is 132 Å². The smallest absolute Gasteiger partial charge is 0.460 e. The molecule has 3 aromatic carbocycles. The van der Waals surface area contributed by atoms with Crippen molar-refractivity contribution in [3.63, 3.8) is 0 Å². The van der Waals surface area contributed by atoms with Crippen molar-refractivity contribution in [3.8, 4) is 11.5 Å². The number of alkyl halides is 30. The highest BCUT2D eigenvalue weighted by Crippen LogP contribution is 2.64. The summed E-state index contributed by atoms with van der Waals surface area (Å²) in [5.74, 6) is -99.6. The van der Waals surface area contributed by atoms with E-state index in [1.54, 1.807) is 0 Å². The van der Waals surface area contributed by atoms with E-state index in [9.17, 15) is 136 Å². The lowest BCUT2D eigenvalue weighted by molar-refractivity contribution is -0.453. The van der Waals surface area contributed by atoms with Crippen LogP contribution in [-0.4, -0.2) is 96.6 Å². The topological polar surface area (TPSA) is 35.5 Å². The number of rotatable bonds is 19. The Bertz CT molecular complexity index is 2130. The van der Waals surface area contributed by atoms with Gasteiger partial charge in [-0.05, 0) is 48.5 Å². The molecular formula is C34H17F30O3P. The van der Waals surface area contributed by atoms with E-state index in [0.29, 0.717) is 48.5 Å². The minimum atomic E-state index is -8.59. The Balaban J connectivity index is 1.93. The monoisotopic (exact) mass is 1070 g/mol. The Hall–Kier alpha value is -4.61. The normalized spacial score (nSPS) is 15.4. The molecule has 0 aliphatic rings. The number of ether oxygens (including phenoxy) is 2. The van der Waals surface area contributed by atoms with E-state index < -0.39 is 126 Å². The molecule has 0 saturated carbocycles. The van der Waals surface area contributed by atoms with Crippen LogP contribution < -0.4 is 25.4 Å². The number of benzene rings is 3. The molecule has 68 heavy (non-hydrogen) atoms. The minimum Gasteiger partial charge on any atom is -0.487 e. The highest BCUT2D eigenvalue weighted by Gasteiger charge is 2.95. The molecule has 0 N–H and O–H groups in total. The van der Waals surface area contributed by atoms with E-state index in [4.69, 9.17) is 0 Å². The maximum Gasteiger partial charge on any atom is 0.460 e. The third-order valence-corrected chi connectivity index (χ3v) is 12.2. The molecule has 0 radical (unpaired) electrons. The van der Waals surface area contributed by atoms with E-state index in [0.717, 1.165) is 24.3 Å². The van der Waals surface area contributed by atoms with Crippen molar-refractivity contribution in [2.45, 2.75) is 83.4 Å². The molecule has 0 aliphatic carbocycles. The van der Waals surface area contributed by atoms with E-state index in [1.165, 1.54) is 6.07 Å². The van der Waals surface area contributed by atoms with Gasteiger partial charge in [0.1, 0.15) is 11.5 Å². The molecular weight excluding hydrogens is 1060 g/mol. The predicted octanol–water partition coefficient (Wildman–Crippen LogP) is 12.8. The largest absolute Gasteiger partial charge is 0.487 e. The van der Waals surface area contributed by atoms with E-state index in [-0.39, 0.29) is 5.30 Å². The molecule has 0 fully saturated rings. The van der Waals surface area contributed by atoms with Crippen LogP contribution in [0.1, 0.15) is 0 Å². The van der Waals surface area contributed by atoms with Crippen LogP contribution in [0.2, 0.25) is 0 Å². The molecule has 0 amide bonds. The van der Waals surface area contributed by atoms with Gasteiger partial charge in [-0.3, -0.25) is 0 Å². The first-order valence-corrected chi connectivity index (χ1v) is 18.5. The summed E-state index contributed by atoms with van der Waals surface area (Å²) in [5.41, 5.74) is 0. The summed E-state index contributed by atoms with van der Waals surface area (Å²) >= 11 is 0. The summed E-state index contributed by atoms with van der Waals surface area (Å²) < 4.78 is 428. The van der Waals surface area contributed by atoms with Crippen LogP contribution in [0.25, 0.3) is 0 Å². The molecule has 0 bridgehead atoms. The summed E-state index contributed by atoms with van der Waals surface area (Å²) in [7, 11) is -4.57. The second kappa shape index (κ2) is 17.1. The van der Waals surface area contributed by atoms with Gasteiger partial charge >= 0.3 is 83.4 Å². The molecule has 34 heteroatoms. The number of hydrogen-bond donors (Lipinski definition) is 0. The van der Waals surface area contributed by atoms with Gasteiger partial charge in [0.25, 0.3) is 0 Å². The molecule has 3 aromatic rings. The molecule has 0 spiro atoms. The molecule has 0 aromatic heterocycles. The fourth-order valence-corrected chi connectivity index (χ4v) is 7.74. The van der Waals surface area contributed by atoms with Crippen LogP contribution in [-0.2, 0) is 4.57 Å². The Kier molecular flexibility index (Phi) is 14.5. The van der Waals surface area contributed by atoms with Crippen LogP contribution in [0.15, 0.2) is 78.9 Å². The predicted molar refractivity (Wildman–Crippen MR) is 168 cm³/mol. The molecule has 3 rings (SSSR count). The fraction of sp³-hybridized carbons (Fsp3) is 0.471. The summed E-state index contributed by atoms with van der Waals surface area (Å²) in [6.45, 7) is -6.56. The maximum absolute atomic E-state index is 14.6. The SMILES string of the molecule is O=P(c1ccccc1)(c1ccc(OCC(F)(F)C(F)(F)C(F)(F)C(F)(F)C(F)(F)C(F)(F)C(F)(F)F)cc1)c1ccc(OCC(F)(F)C(F)(F)C(F)(F)C(F)(F)C(F)(F)C(F)(F)C(F)(F)F)cc1. The van der Waals surface area contributed by atoms with Gasteiger partial charge < -0.3 is 14.0 Å². The van der Waals surface area contributed by atoms with Crippen molar-refractivity contribution in [2.75, 3.05) is 13.2 Å². The average Bonchev–Trinajstić information content (AvgIpc) is 3.21. The van der Waals surface area contributed by atoms with Gasteiger partial charge in [-0.25, -0.2) is 0 Å². The molecule has 386 valence electrons. The van der Waals surface area contributed by atoms with Crippen LogP contribution in [0.3, 0.4) is 0 Å². The van der Waals surface area contributed by atoms with E-state index in [2.05, 4.69) is 9.47 Å². The van der Waals surface area contributed by atoms with Gasteiger partial charge in [-0.2, -0.15) is 132 Å². The molecule has 0 atom stereocenters. The first kappa shape index (κ1) is 57.7. The Morgan fingerprint density at radius 3 is 0.765 bits per heavy atom. The van der Waals surface area contributed by atoms with Crippen molar-refractivity contribution in [2.24, 2.45) is 0 Å². The first-order chi connectivity index (χ1) is 30.0. The highest BCUT2D eigenvalue weighted by atomic mass is 31.2. The van der Waals surface area contributed by atoms with E-state index in [1.807, 2.05) is 0 Å². The van der Waals surface area contributed by atoms with Crippen molar-refractivity contribution in [1.82, 2.24) is 0 Å². The standard InChI is InChI=1S/C34H17F30O3P/c35-21(36,23(39,40)25(43,44)27(47,48)29(51,52)31(55,56)33(59,60)61)14-66-16-6-10-19(11-7-16)68(65,18-4-2-1-3-5-18)20-12-8-17(9-13-20)67-15-22(37,38)24(41,42)26(45,46)28(49,50)30(53,54)32(57,58)34(62,63)64/h1-13H,14-15H2. The van der Waals surface area contributed by atoms with Gasteiger partial charge in [0.05, 0.1) is 0 Å². The first-order valence-electron chi connectivity index (χ1n) is 16.8. The lowest BCUT2D eigenvalue weighted by Crippen LogP contribution is -2.73. The summed E-state index contributed by atoms with van der Waals surface area (Å²) in [5, 5.41) is -1.47. The van der Waals surface area contributed by atoms with E-state index >= 15 is 0 Å². The van der Waals surface area contributed by atoms with Crippen molar-refractivity contribution >= 4 is 23.1 Å². The van der Waals surface area contributed by atoms with Gasteiger partial charge in [0.15, 0.2) is 20.4 Å². The van der Waals surface area contributed by atoms with Gasteiger partial charge in [-0.15, -0.1) is 0 Å². The molecule has 0 saturated heterocycles. The number of halogens is 30. The second-order valence-electron chi connectivity index (χ2n) is 13.7. The minimum absolute atomic E-state index is 0.313. The zero-order chi connectivity index (χ0) is 53.4. The second-order valence-corrected chi connectivity index (χ2v) is 16.4. The summed E-state index contributed by atoms with van der Waals surface area (Å²) in [4.78, 5) is 0. The summed E-state index contributed by atoms with van der Waals surface area (Å²) in [6, 6.07) is 9.15. The quantitative estimate of drug-likeness (QED) is 0.0886. The molecule has 0 heterocycles. The maximum atomic E-state index is 14.6. The lowest BCUT2D eigenvalue weighted by atomic mass is 9.91. The lowest BCUT2D eigenvalue weighted by Gasteiger charge is -2.41. The zero-order valence-corrected chi connectivity index (χ0v) is 32.3. The summed E-state index contributed by atoms with van der Waals surface area (Å²) in [6.07, 6.45) is -15.7. The number of hydrogen-bond acceptors (Lipinski definition) is 3. The molecule has 0 aliphatic heterocycles. The van der Waals surface area contributed by atoms with Crippen molar-refractivity contribution in [1.29, 1.82) is 0 Å². The van der Waals surface area contributed by atoms with Gasteiger partial charge in [-0.1, -0.05) is 30.3 Å². The third-order valence-electron chi connectivity index (χ3n) is 9.15. The Morgan fingerprint density at radius 2 is 0.515 bits per heavy atom. The fourth-order valence-electron chi connectivity index (χ4n) is 5.12. The van der Waals surface area contributed by atoms with Crippen molar-refractivity contribution < 1.29 is 146 Å². The molecule has 0 unspecified atom stereocenters. The van der Waals surface area contributed by atoms with Gasteiger partial charge in [0.2, 0.25) is 0 Å². The van der Waals surface area contributed by atoms with Crippen molar-refractivity contribution in [3.05, 3.63) is 78.9 Å². The zero-order valence-electron chi connectivity index (χ0n) is 31.4. The average molecular weight is 1070 g/mol. The molecule has 3 nitrogen and oxygen atoms in total. The van der Waals surface area contributed by atoms with Crippen LogP contribution >= 0.6 is 7.14 Å². The Morgan fingerprint density at radius 1 is 0.294 bits per heavy atom. The van der Waals surface area contributed by atoms with Crippen LogP contribution in [0, 0.1) is 0 Å². The van der Waals surface area contributed by atoms with Crippen LogP contribution in [0.5, 0.6) is 11.5 Å².